The Bertz CT molecular complexity index is 296. The van der Waals surface area contributed by atoms with Gasteiger partial charge in [-0.25, -0.2) is 0 Å². The van der Waals surface area contributed by atoms with Crippen LogP contribution in [0.1, 0.15) is 0 Å². The molecular formula is C11H14O3S2. The Balaban J connectivity index is 0.000000244. The van der Waals surface area contributed by atoms with Crippen LogP contribution in [0, 0.1) is 0 Å². The van der Waals surface area contributed by atoms with E-state index in [2.05, 4.69) is 0 Å². The SMILES string of the molecule is C=O.COc1ccsc1.COc1ccsc1. The summed E-state index contributed by atoms with van der Waals surface area (Å²) >= 11 is 3.28. The molecule has 0 radical (unpaired) electrons. The van der Waals surface area contributed by atoms with E-state index < -0.39 is 0 Å². The highest BCUT2D eigenvalue weighted by Crippen LogP contribution is 2.13. The van der Waals surface area contributed by atoms with Crippen LogP contribution in [0.15, 0.2) is 33.7 Å². The van der Waals surface area contributed by atoms with E-state index in [-0.39, 0.29) is 0 Å². The molecular weight excluding hydrogens is 244 g/mol. The second-order valence-electron chi connectivity index (χ2n) is 2.33. The molecule has 0 aliphatic heterocycles. The number of rotatable bonds is 2. The van der Waals surface area contributed by atoms with Crippen LogP contribution in [-0.2, 0) is 4.79 Å². The van der Waals surface area contributed by atoms with Crippen molar-refractivity contribution < 1.29 is 14.3 Å². The number of hydrogen-bond donors (Lipinski definition) is 0. The van der Waals surface area contributed by atoms with Crippen molar-refractivity contribution >= 4 is 29.5 Å². The maximum atomic E-state index is 8.00. The molecule has 0 bridgehead atoms. The van der Waals surface area contributed by atoms with Gasteiger partial charge >= 0.3 is 0 Å². The molecule has 0 saturated heterocycles. The van der Waals surface area contributed by atoms with Crippen LogP contribution >= 0.6 is 22.7 Å². The zero-order chi connectivity index (χ0) is 12.2. The first kappa shape index (κ1) is 14.7. The Labute approximate surface area is 103 Å². The molecule has 2 rings (SSSR count). The first-order valence-corrected chi connectivity index (χ1v) is 6.16. The molecule has 0 saturated carbocycles. The summed E-state index contributed by atoms with van der Waals surface area (Å²) in [6, 6.07) is 3.87. The van der Waals surface area contributed by atoms with Gasteiger partial charge in [0.2, 0.25) is 0 Å². The van der Waals surface area contributed by atoms with Crippen molar-refractivity contribution in [3.8, 4) is 11.5 Å². The minimum Gasteiger partial charge on any atom is -0.496 e. The van der Waals surface area contributed by atoms with Gasteiger partial charge in [-0.05, 0) is 22.9 Å². The molecule has 0 atom stereocenters. The maximum Gasteiger partial charge on any atom is 0.129 e. The minimum atomic E-state index is 0.949. The number of thiophene rings is 2. The molecule has 0 aliphatic carbocycles. The third-order valence-corrected chi connectivity index (χ3v) is 2.78. The number of hydrogen-bond acceptors (Lipinski definition) is 5. The van der Waals surface area contributed by atoms with Gasteiger partial charge in [0.25, 0.3) is 0 Å². The summed E-state index contributed by atoms with van der Waals surface area (Å²) in [5.41, 5.74) is 0. The fraction of sp³-hybridized carbons (Fsp3) is 0.182. The summed E-state index contributed by atoms with van der Waals surface area (Å²) in [5, 5.41) is 7.89. The van der Waals surface area contributed by atoms with Gasteiger partial charge in [0.1, 0.15) is 18.3 Å². The maximum absolute atomic E-state index is 8.00. The van der Waals surface area contributed by atoms with Crippen molar-refractivity contribution in [1.29, 1.82) is 0 Å². The summed E-state index contributed by atoms with van der Waals surface area (Å²) in [4.78, 5) is 8.00. The predicted molar refractivity (Wildman–Crippen MR) is 68.9 cm³/mol. The van der Waals surface area contributed by atoms with Crippen molar-refractivity contribution in [3.63, 3.8) is 0 Å². The van der Waals surface area contributed by atoms with Gasteiger partial charge in [0, 0.05) is 10.8 Å². The smallest absolute Gasteiger partial charge is 0.129 e. The lowest BCUT2D eigenvalue weighted by atomic mass is 10.6. The Morgan fingerprint density at radius 1 is 0.938 bits per heavy atom. The molecule has 0 amide bonds. The van der Waals surface area contributed by atoms with Gasteiger partial charge in [0.05, 0.1) is 14.2 Å². The Hall–Kier alpha value is -1.33. The summed E-state index contributed by atoms with van der Waals surface area (Å²) in [7, 11) is 3.34. The van der Waals surface area contributed by atoms with Crippen LogP contribution in [-0.4, -0.2) is 21.0 Å². The average molecular weight is 258 g/mol. The molecule has 0 aromatic carbocycles. The molecule has 16 heavy (non-hydrogen) atoms. The van der Waals surface area contributed by atoms with Crippen LogP contribution in [0.5, 0.6) is 11.5 Å². The second-order valence-corrected chi connectivity index (χ2v) is 3.89. The lowest BCUT2D eigenvalue weighted by Crippen LogP contribution is -1.74. The van der Waals surface area contributed by atoms with E-state index in [1.165, 1.54) is 0 Å². The van der Waals surface area contributed by atoms with Crippen molar-refractivity contribution in [1.82, 2.24) is 0 Å². The van der Waals surface area contributed by atoms with E-state index in [4.69, 9.17) is 14.3 Å². The highest BCUT2D eigenvalue weighted by molar-refractivity contribution is 7.08. The Morgan fingerprint density at radius 3 is 1.44 bits per heavy atom. The van der Waals surface area contributed by atoms with Gasteiger partial charge in [0.15, 0.2) is 0 Å². The normalized spacial score (nSPS) is 7.88. The summed E-state index contributed by atoms with van der Waals surface area (Å²) < 4.78 is 9.73. The van der Waals surface area contributed by atoms with Gasteiger partial charge in [-0.2, -0.15) is 0 Å². The molecule has 0 aliphatic rings. The predicted octanol–water partition coefficient (Wildman–Crippen LogP) is 3.33. The van der Waals surface area contributed by atoms with E-state index in [9.17, 15) is 0 Å². The number of carbonyl (C=O) groups excluding carboxylic acids is 1. The third kappa shape index (κ3) is 6.21. The van der Waals surface area contributed by atoms with Crippen LogP contribution in [0.4, 0.5) is 0 Å². The molecule has 3 nitrogen and oxygen atoms in total. The Morgan fingerprint density at radius 2 is 1.31 bits per heavy atom. The molecule has 0 N–H and O–H groups in total. The van der Waals surface area contributed by atoms with E-state index in [0.29, 0.717) is 0 Å². The number of ether oxygens (including phenoxy) is 2. The lowest BCUT2D eigenvalue weighted by Gasteiger charge is -1.86. The van der Waals surface area contributed by atoms with Gasteiger partial charge in [-0.15, -0.1) is 22.7 Å². The van der Waals surface area contributed by atoms with Gasteiger partial charge < -0.3 is 14.3 Å². The van der Waals surface area contributed by atoms with Gasteiger partial charge in [-0.1, -0.05) is 0 Å². The van der Waals surface area contributed by atoms with Crippen LogP contribution in [0.3, 0.4) is 0 Å². The van der Waals surface area contributed by atoms with E-state index >= 15 is 0 Å². The van der Waals surface area contributed by atoms with Gasteiger partial charge in [-0.3, -0.25) is 0 Å². The van der Waals surface area contributed by atoms with Crippen molar-refractivity contribution in [2.24, 2.45) is 0 Å². The van der Waals surface area contributed by atoms with Crippen LogP contribution in [0.25, 0.3) is 0 Å². The first-order chi connectivity index (χ1) is 7.86. The molecule has 5 heteroatoms. The fourth-order valence-electron chi connectivity index (χ4n) is 0.736. The summed E-state index contributed by atoms with van der Waals surface area (Å²) in [6.45, 7) is 2.00. The number of methoxy groups -OCH3 is 2. The number of carbonyl (C=O) groups is 1. The largest absolute Gasteiger partial charge is 0.496 e. The fourth-order valence-corrected chi connectivity index (χ4v) is 1.94. The molecule has 0 fully saturated rings. The lowest BCUT2D eigenvalue weighted by molar-refractivity contribution is -0.0979. The molecule has 2 aromatic heterocycles. The Kier molecular flexibility index (Phi) is 9.35. The van der Waals surface area contributed by atoms with Crippen LogP contribution < -0.4 is 9.47 Å². The third-order valence-electron chi connectivity index (χ3n) is 1.46. The molecule has 0 spiro atoms. The van der Waals surface area contributed by atoms with E-state index in [1.54, 1.807) is 36.9 Å². The quantitative estimate of drug-likeness (QED) is 0.829. The van der Waals surface area contributed by atoms with E-state index in [1.807, 2.05) is 40.4 Å². The van der Waals surface area contributed by atoms with Crippen molar-refractivity contribution in [2.75, 3.05) is 14.2 Å². The molecule has 88 valence electrons. The highest BCUT2D eigenvalue weighted by Gasteiger charge is 1.83. The first-order valence-electron chi connectivity index (χ1n) is 4.28. The summed E-state index contributed by atoms with van der Waals surface area (Å²) in [5.74, 6) is 1.90. The monoisotopic (exact) mass is 258 g/mol. The molecule has 2 heterocycles. The molecule has 2 aromatic rings. The second kappa shape index (κ2) is 10.2. The zero-order valence-electron chi connectivity index (χ0n) is 9.21. The zero-order valence-corrected chi connectivity index (χ0v) is 10.8. The van der Waals surface area contributed by atoms with Crippen LogP contribution in [0.2, 0.25) is 0 Å². The average Bonchev–Trinajstić information content (AvgIpc) is 3.05. The minimum absolute atomic E-state index is 0.949. The van der Waals surface area contributed by atoms with Crippen molar-refractivity contribution in [3.05, 3.63) is 33.7 Å². The highest BCUT2D eigenvalue weighted by atomic mass is 32.1. The topological polar surface area (TPSA) is 35.5 Å². The summed E-state index contributed by atoms with van der Waals surface area (Å²) in [6.07, 6.45) is 0. The van der Waals surface area contributed by atoms with Crippen molar-refractivity contribution in [2.45, 2.75) is 0 Å². The molecule has 0 unspecified atom stereocenters. The van der Waals surface area contributed by atoms with E-state index in [0.717, 1.165) is 11.5 Å². The standard InChI is InChI=1S/2C5H6OS.CH2O/c2*1-6-5-2-3-7-4-5;1-2/h2*2-4H,1H3;1H2.